The molecule has 0 aromatic carbocycles. The average Bonchev–Trinajstić information content (AvgIpc) is 3.19. The van der Waals surface area contributed by atoms with Crippen molar-refractivity contribution in [3.8, 4) is 0 Å². The Morgan fingerprint density at radius 2 is 1.75 bits per heavy atom. The van der Waals surface area contributed by atoms with Crippen LogP contribution in [-0.2, 0) is 9.59 Å². The fraction of sp³-hybridized carbons (Fsp3) is 0.867. The number of hydrogen-bond acceptors (Lipinski definition) is 3. The summed E-state index contributed by atoms with van der Waals surface area (Å²) < 4.78 is 0. The quantitative estimate of drug-likeness (QED) is 0.746. The summed E-state index contributed by atoms with van der Waals surface area (Å²) in [6.45, 7) is 0.362. The van der Waals surface area contributed by atoms with Crippen LogP contribution in [0.2, 0.25) is 0 Å². The second-order valence-electron chi connectivity index (χ2n) is 6.35. The van der Waals surface area contributed by atoms with Crippen molar-refractivity contribution in [2.75, 3.05) is 13.2 Å². The topological polar surface area (TPSA) is 77.8 Å². The van der Waals surface area contributed by atoms with Crippen molar-refractivity contribution in [3.05, 3.63) is 0 Å². The van der Waals surface area contributed by atoms with E-state index in [0.29, 0.717) is 13.0 Å². The van der Waals surface area contributed by atoms with Crippen molar-refractivity contribution in [3.63, 3.8) is 0 Å². The molecule has 2 rings (SSSR count). The lowest BCUT2D eigenvalue weighted by Crippen LogP contribution is -2.40. The van der Waals surface area contributed by atoms with Gasteiger partial charge in [-0.15, -0.1) is 0 Å². The predicted octanol–water partition coefficient (Wildman–Crippen LogP) is 1.78. The van der Waals surface area contributed by atoms with E-state index in [1.807, 2.05) is 0 Å². The normalized spacial score (nSPS) is 21.4. The predicted molar refractivity (Wildman–Crippen MR) is 74.2 cm³/mol. The average molecular weight is 283 g/mol. The van der Waals surface area contributed by atoms with Gasteiger partial charge in [-0.2, -0.15) is 0 Å². The Morgan fingerprint density at radius 3 is 2.25 bits per heavy atom. The summed E-state index contributed by atoms with van der Waals surface area (Å²) >= 11 is 0. The summed E-state index contributed by atoms with van der Waals surface area (Å²) in [5.74, 6) is -0.774. The lowest BCUT2D eigenvalue weighted by Gasteiger charge is -2.37. The summed E-state index contributed by atoms with van der Waals surface area (Å²) in [6, 6.07) is 0.278. The molecule has 0 heterocycles. The molecule has 0 saturated heterocycles. The van der Waals surface area contributed by atoms with Crippen molar-refractivity contribution in [2.45, 2.75) is 63.8 Å². The Balaban J connectivity index is 2.01. The zero-order chi connectivity index (χ0) is 14.6. The molecule has 0 unspecified atom stereocenters. The highest BCUT2D eigenvalue weighted by Crippen LogP contribution is 2.43. The number of hydrogen-bond donors (Lipinski definition) is 2. The molecule has 2 fully saturated rings. The summed E-state index contributed by atoms with van der Waals surface area (Å²) in [6.07, 6.45) is 7.29. The fourth-order valence-corrected chi connectivity index (χ4v) is 3.47. The van der Waals surface area contributed by atoms with E-state index in [0.717, 1.165) is 44.9 Å². The van der Waals surface area contributed by atoms with Crippen LogP contribution in [-0.4, -0.2) is 46.2 Å². The van der Waals surface area contributed by atoms with Crippen LogP contribution < -0.4 is 0 Å². The van der Waals surface area contributed by atoms with Gasteiger partial charge in [-0.3, -0.25) is 9.59 Å². The van der Waals surface area contributed by atoms with Crippen LogP contribution in [0.5, 0.6) is 0 Å². The first-order chi connectivity index (χ1) is 9.56. The molecule has 1 amide bonds. The fourth-order valence-electron chi connectivity index (χ4n) is 3.47. The van der Waals surface area contributed by atoms with Crippen LogP contribution in [0.15, 0.2) is 0 Å². The van der Waals surface area contributed by atoms with Crippen molar-refractivity contribution in [1.82, 2.24) is 4.90 Å². The molecule has 5 nitrogen and oxygen atoms in total. The lowest BCUT2D eigenvalue weighted by molar-refractivity contribution is -0.143. The molecule has 0 aromatic heterocycles. The molecule has 2 saturated carbocycles. The molecule has 0 bridgehead atoms. The minimum Gasteiger partial charge on any atom is -0.481 e. The summed E-state index contributed by atoms with van der Waals surface area (Å²) in [5.41, 5.74) is -0.357. The molecule has 0 spiro atoms. The largest absolute Gasteiger partial charge is 0.481 e. The SMILES string of the molecule is O=C(O)CC1(CC(=O)N(CCO)C2CC2)CCCCC1. The number of rotatable bonds is 7. The first kappa shape index (κ1) is 15.3. The smallest absolute Gasteiger partial charge is 0.303 e. The van der Waals surface area contributed by atoms with E-state index in [4.69, 9.17) is 10.2 Å². The summed E-state index contributed by atoms with van der Waals surface area (Å²) in [4.78, 5) is 25.4. The molecule has 0 atom stereocenters. The highest BCUT2D eigenvalue weighted by atomic mass is 16.4. The van der Waals surface area contributed by atoms with Crippen LogP contribution in [0.3, 0.4) is 0 Å². The van der Waals surface area contributed by atoms with Gasteiger partial charge in [0.25, 0.3) is 0 Å². The third-order valence-corrected chi connectivity index (χ3v) is 4.62. The first-order valence-electron chi connectivity index (χ1n) is 7.68. The monoisotopic (exact) mass is 283 g/mol. The van der Waals surface area contributed by atoms with Gasteiger partial charge in [-0.25, -0.2) is 0 Å². The molecule has 0 radical (unpaired) electrons. The first-order valence-corrected chi connectivity index (χ1v) is 7.68. The van der Waals surface area contributed by atoms with Crippen LogP contribution >= 0.6 is 0 Å². The van der Waals surface area contributed by atoms with E-state index in [9.17, 15) is 9.59 Å². The van der Waals surface area contributed by atoms with E-state index in [1.165, 1.54) is 0 Å². The van der Waals surface area contributed by atoms with Crippen molar-refractivity contribution in [1.29, 1.82) is 0 Å². The minimum atomic E-state index is -0.806. The lowest BCUT2D eigenvalue weighted by atomic mass is 9.69. The maximum absolute atomic E-state index is 12.5. The van der Waals surface area contributed by atoms with Gasteiger partial charge in [0.05, 0.1) is 13.0 Å². The molecule has 2 N–H and O–H groups in total. The van der Waals surface area contributed by atoms with Crippen LogP contribution in [0.25, 0.3) is 0 Å². The van der Waals surface area contributed by atoms with Gasteiger partial charge >= 0.3 is 5.97 Å². The van der Waals surface area contributed by atoms with Crippen LogP contribution in [0, 0.1) is 5.41 Å². The minimum absolute atomic E-state index is 0.0197. The van der Waals surface area contributed by atoms with Gasteiger partial charge in [-0.1, -0.05) is 19.3 Å². The molecule has 114 valence electrons. The second-order valence-corrected chi connectivity index (χ2v) is 6.35. The van der Waals surface area contributed by atoms with E-state index >= 15 is 0 Å². The number of carbonyl (C=O) groups excluding carboxylic acids is 1. The maximum atomic E-state index is 12.5. The molecule has 0 aliphatic heterocycles. The molecule has 2 aliphatic rings. The maximum Gasteiger partial charge on any atom is 0.303 e. The van der Waals surface area contributed by atoms with Gasteiger partial charge < -0.3 is 15.1 Å². The summed E-state index contributed by atoms with van der Waals surface area (Å²) in [5, 5.41) is 18.2. The van der Waals surface area contributed by atoms with Crippen molar-refractivity contribution in [2.24, 2.45) is 5.41 Å². The number of carboxylic acid groups (broad SMARTS) is 1. The Labute approximate surface area is 120 Å². The standard InChI is InChI=1S/C15H25NO4/c17-9-8-16(12-4-5-12)13(18)10-15(11-14(19)20)6-2-1-3-7-15/h12,17H,1-11H2,(H,19,20). The van der Waals surface area contributed by atoms with E-state index in [2.05, 4.69) is 0 Å². The molecule has 5 heteroatoms. The Morgan fingerprint density at radius 1 is 1.10 bits per heavy atom. The third kappa shape index (κ3) is 3.95. The molecular formula is C15H25NO4. The highest BCUT2D eigenvalue weighted by molar-refractivity contribution is 5.79. The molecule has 0 aromatic rings. The number of aliphatic hydroxyl groups excluding tert-OH is 1. The van der Waals surface area contributed by atoms with Gasteiger partial charge in [0.15, 0.2) is 0 Å². The van der Waals surface area contributed by atoms with Gasteiger partial charge in [0, 0.05) is 19.0 Å². The Kier molecular flexibility index (Phi) is 5.02. The summed E-state index contributed by atoms with van der Waals surface area (Å²) in [7, 11) is 0. The van der Waals surface area contributed by atoms with Gasteiger partial charge in [-0.05, 0) is 31.1 Å². The molecule has 20 heavy (non-hydrogen) atoms. The third-order valence-electron chi connectivity index (χ3n) is 4.62. The number of nitrogens with zero attached hydrogens (tertiary/aromatic N) is 1. The van der Waals surface area contributed by atoms with Gasteiger partial charge in [0.2, 0.25) is 5.91 Å². The van der Waals surface area contributed by atoms with E-state index in [-0.39, 0.29) is 30.4 Å². The number of carbonyl (C=O) groups is 2. The zero-order valence-electron chi connectivity index (χ0n) is 12.0. The Hall–Kier alpha value is -1.10. The van der Waals surface area contributed by atoms with Gasteiger partial charge in [0.1, 0.15) is 0 Å². The molecule has 2 aliphatic carbocycles. The Bertz CT molecular complexity index is 359. The highest BCUT2D eigenvalue weighted by Gasteiger charge is 2.40. The van der Waals surface area contributed by atoms with Crippen molar-refractivity contribution < 1.29 is 19.8 Å². The number of aliphatic carboxylic acids is 1. The van der Waals surface area contributed by atoms with Crippen molar-refractivity contribution >= 4 is 11.9 Å². The van der Waals surface area contributed by atoms with E-state index < -0.39 is 5.97 Å². The number of aliphatic hydroxyl groups is 1. The molecular weight excluding hydrogens is 258 g/mol. The number of carboxylic acids is 1. The van der Waals surface area contributed by atoms with E-state index in [1.54, 1.807) is 4.90 Å². The zero-order valence-corrected chi connectivity index (χ0v) is 12.0. The second kappa shape index (κ2) is 6.57. The van der Waals surface area contributed by atoms with Crippen LogP contribution in [0.1, 0.15) is 57.8 Å². The van der Waals surface area contributed by atoms with Crippen LogP contribution in [0.4, 0.5) is 0 Å². The number of amides is 1.